The van der Waals surface area contributed by atoms with Crippen LogP contribution in [-0.4, -0.2) is 68.7 Å². The van der Waals surface area contributed by atoms with Gasteiger partial charge in [0.25, 0.3) is 5.91 Å². The van der Waals surface area contributed by atoms with Gasteiger partial charge in [-0.25, -0.2) is 14.5 Å². The molecule has 8 heteroatoms. The number of amides is 3. The minimum atomic E-state index is -0.0381. The van der Waals surface area contributed by atoms with Crippen LogP contribution < -0.4 is 5.32 Å². The number of carbonyl (C=O) groups is 2. The van der Waals surface area contributed by atoms with Gasteiger partial charge >= 0.3 is 6.03 Å². The first-order valence-corrected chi connectivity index (χ1v) is 8.52. The average molecular weight is 340 g/mol. The molecule has 4 heterocycles. The van der Waals surface area contributed by atoms with E-state index in [0.29, 0.717) is 37.6 Å². The van der Waals surface area contributed by atoms with E-state index in [1.807, 2.05) is 15.9 Å². The molecule has 2 saturated heterocycles. The maximum Gasteiger partial charge on any atom is 0.317 e. The van der Waals surface area contributed by atoms with Crippen LogP contribution in [0.15, 0.2) is 36.8 Å². The molecule has 0 radical (unpaired) electrons. The number of nitrogens with zero attached hydrogens (tertiary/aromatic N) is 5. The molecule has 4 rings (SSSR count). The van der Waals surface area contributed by atoms with Crippen LogP contribution in [0, 0.1) is 0 Å². The molecule has 0 bridgehead atoms. The van der Waals surface area contributed by atoms with Crippen LogP contribution in [0.25, 0.3) is 5.82 Å². The quantitative estimate of drug-likeness (QED) is 0.900. The van der Waals surface area contributed by atoms with Crippen molar-refractivity contribution >= 4 is 11.9 Å². The normalized spacial score (nSPS) is 20.6. The van der Waals surface area contributed by atoms with Crippen LogP contribution in [-0.2, 0) is 0 Å². The predicted octanol–water partition coefficient (Wildman–Crippen LogP) is 0.897. The topological polar surface area (TPSA) is 83.4 Å². The van der Waals surface area contributed by atoms with Crippen molar-refractivity contribution in [2.75, 3.05) is 26.2 Å². The van der Waals surface area contributed by atoms with Gasteiger partial charge in [-0.3, -0.25) is 4.79 Å². The number of carbonyl (C=O) groups excluding carboxylic acids is 2. The highest BCUT2D eigenvalue weighted by molar-refractivity contribution is 5.94. The zero-order valence-corrected chi connectivity index (χ0v) is 13.8. The molecule has 0 unspecified atom stereocenters. The molecule has 1 N–H and O–H groups in total. The second kappa shape index (κ2) is 6.54. The summed E-state index contributed by atoms with van der Waals surface area (Å²) in [7, 11) is 0. The third-order valence-electron chi connectivity index (χ3n) is 4.75. The Labute approximate surface area is 145 Å². The van der Waals surface area contributed by atoms with Crippen molar-refractivity contribution in [3.05, 3.63) is 42.4 Å². The monoisotopic (exact) mass is 340 g/mol. The molecule has 1 atom stereocenters. The maximum atomic E-state index is 12.8. The third-order valence-corrected chi connectivity index (χ3v) is 4.75. The molecule has 2 aliphatic heterocycles. The van der Waals surface area contributed by atoms with Crippen molar-refractivity contribution in [3.63, 3.8) is 0 Å². The zero-order valence-electron chi connectivity index (χ0n) is 13.8. The van der Waals surface area contributed by atoms with Gasteiger partial charge in [0.05, 0.1) is 11.6 Å². The Morgan fingerprint density at radius 3 is 2.88 bits per heavy atom. The molecule has 8 nitrogen and oxygen atoms in total. The number of piperidine rings is 1. The highest BCUT2D eigenvalue weighted by Gasteiger charge is 2.33. The fraction of sp³-hybridized carbons (Fsp3) is 0.412. The molecular weight excluding hydrogens is 320 g/mol. The van der Waals surface area contributed by atoms with Gasteiger partial charge in [0.1, 0.15) is 0 Å². The lowest BCUT2D eigenvalue weighted by molar-refractivity contribution is 0.0634. The van der Waals surface area contributed by atoms with Crippen molar-refractivity contribution in [1.82, 2.24) is 29.9 Å². The largest absolute Gasteiger partial charge is 0.337 e. The number of urea groups is 1. The first-order chi connectivity index (χ1) is 12.2. The van der Waals surface area contributed by atoms with Gasteiger partial charge in [-0.15, -0.1) is 0 Å². The van der Waals surface area contributed by atoms with Crippen molar-refractivity contribution in [2.45, 2.75) is 18.9 Å². The molecular formula is C17H20N6O2. The molecule has 2 aliphatic rings. The summed E-state index contributed by atoms with van der Waals surface area (Å²) < 4.78 is 1.65. The lowest BCUT2D eigenvalue weighted by Gasteiger charge is -2.37. The zero-order chi connectivity index (χ0) is 17.2. The van der Waals surface area contributed by atoms with Crippen molar-refractivity contribution in [3.8, 4) is 5.82 Å². The van der Waals surface area contributed by atoms with Crippen LogP contribution in [0.4, 0.5) is 4.79 Å². The first kappa shape index (κ1) is 15.6. The molecule has 3 amide bonds. The van der Waals surface area contributed by atoms with E-state index >= 15 is 0 Å². The minimum absolute atomic E-state index is 0.0236. The van der Waals surface area contributed by atoms with Crippen LogP contribution in [0.3, 0.4) is 0 Å². The molecule has 0 aliphatic carbocycles. The van der Waals surface area contributed by atoms with Crippen LogP contribution in [0.1, 0.15) is 23.2 Å². The van der Waals surface area contributed by atoms with E-state index < -0.39 is 0 Å². The van der Waals surface area contributed by atoms with Gasteiger partial charge in [-0.1, -0.05) is 0 Å². The van der Waals surface area contributed by atoms with E-state index in [2.05, 4.69) is 15.4 Å². The molecule has 2 aromatic heterocycles. The number of rotatable bonds is 3. The van der Waals surface area contributed by atoms with E-state index in [1.54, 1.807) is 35.4 Å². The van der Waals surface area contributed by atoms with E-state index in [0.717, 1.165) is 12.8 Å². The Morgan fingerprint density at radius 1 is 1.28 bits per heavy atom. The van der Waals surface area contributed by atoms with Gasteiger partial charge in [0.2, 0.25) is 0 Å². The minimum Gasteiger partial charge on any atom is -0.337 e. The van der Waals surface area contributed by atoms with E-state index in [4.69, 9.17) is 0 Å². The van der Waals surface area contributed by atoms with Crippen molar-refractivity contribution in [1.29, 1.82) is 0 Å². The molecule has 0 saturated carbocycles. The van der Waals surface area contributed by atoms with E-state index in [9.17, 15) is 9.59 Å². The molecule has 0 aromatic carbocycles. The Hall–Kier alpha value is -2.90. The summed E-state index contributed by atoms with van der Waals surface area (Å²) >= 11 is 0. The Balaban J connectivity index is 1.45. The molecule has 2 aromatic rings. The number of pyridine rings is 1. The summed E-state index contributed by atoms with van der Waals surface area (Å²) in [5.74, 6) is 0.635. The number of hydrogen-bond donors (Lipinski definition) is 1. The van der Waals surface area contributed by atoms with Crippen molar-refractivity contribution in [2.24, 2.45) is 0 Å². The smallest absolute Gasteiger partial charge is 0.317 e. The highest BCUT2D eigenvalue weighted by Crippen LogP contribution is 2.19. The summed E-state index contributed by atoms with van der Waals surface area (Å²) in [6, 6.07) is 5.46. The van der Waals surface area contributed by atoms with Gasteiger partial charge in [0.15, 0.2) is 5.82 Å². The lowest BCUT2D eigenvalue weighted by Crippen LogP contribution is -2.50. The maximum absolute atomic E-state index is 12.8. The van der Waals surface area contributed by atoms with Crippen LogP contribution in [0.5, 0.6) is 0 Å². The predicted molar refractivity (Wildman–Crippen MR) is 90.4 cm³/mol. The van der Waals surface area contributed by atoms with Crippen LogP contribution >= 0.6 is 0 Å². The molecule has 0 spiro atoms. The molecule has 130 valence electrons. The van der Waals surface area contributed by atoms with Gasteiger partial charge in [-0.2, -0.15) is 5.10 Å². The standard InChI is InChI=1S/C17H20N6O2/c24-16(13-4-5-15(19-11-13)23-9-2-6-20-23)21-8-1-3-14(12-21)22-10-7-18-17(22)25/h2,4-6,9,11,14H,1,3,7-8,10,12H2,(H,18,25)/t14-/m0/s1. The third kappa shape index (κ3) is 3.07. The number of likely N-dealkylation sites (tertiary alicyclic amines) is 1. The Kier molecular flexibility index (Phi) is 4.09. The van der Waals surface area contributed by atoms with Gasteiger partial charge in [0, 0.05) is 44.8 Å². The summed E-state index contributed by atoms with van der Waals surface area (Å²) in [6.07, 6.45) is 6.92. The van der Waals surface area contributed by atoms with E-state index in [1.165, 1.54) is 0 Å². The summed E-state index contributed by atoms with van der Waals surface area (Å²) in [5.41, 5.74) is 0.558. The second-order valence-corrected chi connectivity index (χ2v) is 6.33. The average Bonchev–Trinajstić information content (AvgIpc) is 3.33. The van der Waals surface area contributed by atoms with E-state index in [-0.39, 0.29) is 18.0 Å². The second-order valence-electron chi connectivity index (χ2n) is 6.33. The first-order valence-electron chi connectivity index (χ1n) is 8.52. The van der Waals surface area contributed by atoms with Gasteiger partial charge in [-0.05, 0) is 31.0 Å². The van der Waals surface area contributed by atoms with Crippen molar-refractivity contribution < 1.29 is 9.59 Å². The summed E-state index contributed by atoms with van der Waals surface area (Å²) in [4.78, 5) is 32.6. The fourth-order valence-electron chi connectivity index (χ4n) is 3.46. The fourth-order valence-corrected chi connectivity index (χ4v) is 3.46. The summed E-state index contributed by atoms with van der Waals surface area (Å²) in [6.45, 7) is 2.69. The number of hydrogen-bond acceptors (Lipinski definition) is 4. The lowest BCUT2D eigenvalue weighted by atomic mass is 10.0. The Morgan fingerprint density at radius 2 is 2.20 bits per heavy atom. The van der Waals surface area contributed by atoms with Crippen LogP contribution in [0.2, 0.25) is 0 Å². The Bertz CT molecular complexity index is 758. The van der Waals surface area contributed by atoms with Gasteiger partial charge < -0.3 is 15.1 Å². The molecule has 25 heavy (non-hydrogen) atoms. The summed E-state index contributed by atoms with van der Waals surface area (Å²) in [5, 5.41) is 6.95. The number of aromatic nitrogens is 3. The highest BCUT2D eigenvalue weighted by atomic mass is 16.2. The molecule has 2 fully saturated rings. The SMILES string of the molecule is O=C(c1ccc(-n2cccn2)nc1)N1CCC[C@H](N2CCNC2=O)C1. The number of nitrogens with one attached hydrogen (secondary N) is 1.